The van der Waals surface area contributed by atoms with Crippen LogP contribution in [0.4, 0.5) is 0 Å². The summed E-state index contributed by atoms with van der Waals surface area (Å²) < 4.78 is 10.2. The smallest absolute Gasteiger partial charge is 0.308 e. The molecule has 12 heteroatoms. The third-order valence-corrected chi connectivity index (χ3v) is 4.88. The van der Waals surface area contributed by atoms with E-state index in [1.807, 2.05) is 0 Å². The zero-order valence-corrected chi connectivity index (χ0v) is 17.7. The van der Waals surface area contributed by atoms with Gasteiger partial charge in [0.05, 0.1) is 30.3 Å². The van der Waals surface area contributed by atoms with Crippen LogP contribution < -0.4 is 5.32 Å². The van der Waals surface area contributed by atoms with Crippen molar-refractivity contribution in [1.82, 2.24) is 5.32 Å². The van der Waals surface area contributed by atoms with Crippen LogP contribution in [0.2, 0.25) is 0 Å². The standard InChI is InChI=1S/C18H35NO11/c1-7(6-20)12(23)16(11(9(3)21)19-10(4)22)30-18(28)14(25)13(24)15(29-5)8(2)17(26)27/h7-9,11-16,18,20-21,23-25,28H,6H2,1-5H3,(H,19,22)(H,26,27)/t7?,8?,9?,11?,12-,13-,14?,15-,16-,18+/m1/s1. The molecule has 0 radical (unpaired) electrons. The number of rotatable bonds is 14. The molecule has 0 aromatic rings. The number of carbonyl (C=O) groups excluding carboxylic acids is 1. The maximum absolute atomic E-state index is 11.5. The largest absolute Gasteiger partial charge is 0.481 e. The molecule has 0 aromatic carbocycles. The van der Waals surface area contributed by atoms with Crippen molar-refractivity contribution in [2.45, 2.75) is 76.7 Å². The quantitative estimate of drug-likeness (QED) is 0.128. The lowest BCUT2D eigenvalue weighted by atomic mass is 9.92. The number of carboxylic acid groups (broad SMARTS) is 1. The van der Waals surface area contributed by atoms with E-state index in [9.17, 15) is 40.2 Å². The number of aliphatic hydroxyl groups is 6. The fourth-order valence-electron chi connectivity index (χ4n) is 2.91. The minimum Gasteiger partial charge on any atom is -0.481 e. The molecule has 0 rings (SSSR count). The highest BCUT2D eigenvalue weighted by Crippen LogP contribution is 2.22. The van der Waals surface area contributed by atoms with Crippen LogP contribution >= 0.6 is 0 Å². The number of nitrogens with one attached hydrogen (secondary N) is 1. The summed E-state index contributed by atoms with van der Waals surface area (Å²) in [6.07, 6.45) is -11.8. The Hall–Kier alpha value is -1.38. The summed E-state index contributed by atoms with van der Waals surface area (Å²) in [7, 11) is 1.11. The average molecular weight is 441 g/mol. The van der Waals surface area contributed by atoms with Gasteiger partial charge in [0.25, 0.3) is 0 Å². The molecule has 30 heavy (non-hydrogen) atoms. The summed E-state index contributed by atoms with van der Waals surface area (Å²) in [6.45, 7) is 4.63. The molecule has 5 unspecified atom stereocenters. The molecule has 0 spiro atoms. The molecule has 0 aliphatic carbocycles. The lowest BCUT2D eigenvalue weighted by Gasteiger charge is -2.38. The van der Waals surface area contributed by atoms with E-state index >= 15 is 0 Å². The van der Waals surface area contributed by atoms with Crippen molar-refractivity contribution in [3.05, 3.63) is 0 Å². The normalized spacial score (nSPS) is 22.0. The molecule has 178 valence electrons. The highest BCUT2D eigenvalue weighted by molar-refractivity contribution is 5.73. The number of ether oxygens (including phenoxy) is 2. The average Bonchev–Trinajstić information content (AvgIpc) is 2.68. The van der Waals surface area contributed by atoms with E-state index in [1.165, 1.54) is 20.8 Å². The van der Waals surface area contributed by atoms with Crippen LogP contribution in [0.1, 0.15) is 27.7 Å². The lowest BCUT2D eigenvalue weighted by Crippen LogP contribution is -2.59. The summed E-state index contributed by atoms with van der Waals surface area (Å²) >= 11 is 0. The van der Waals surface area contributed by atoms with Gasteiger partial charge in [0.1, 0.15) is 18.3 Å². The molecule has 10 atom stereocenters. The fourth-order valence-corrected chi connectivity index (χ4v) is 2.91. The first kappa shape index (κ1) is 28.6. The van der Waals surface area contributed by atoms with Gasteiger partial charge < -0.3 is 50.5 Å². The van der Waals surface area contributed by atoms with E-state index in [4.69, 9.17) is 14.6 Å². The van der Waals surface area contributed by atoms with E-state index in [0.29, 0.717) is 0 Å². The fraction of sp³-hybridized carbons (Fsp3) is 0.889. The van der Waals surface area contributed by atoms with Crippen LogP contribution in [0.3, 0.4) is 0 Å². The van der Waals surface area contributed by atoms with Crippen molar-refractivity contribution in [2.24, 2.45) is 11.8 Å². The minimum atomic E-state index is -2.17. The highest BCUT2D eigenvalue weighted by atomic mass is 16.6. The molecule has 0 saturated carbocycles. The van der Waals surface area contributed by atoms with E-state index in [0.717, 1.165) is 14.0 Å². The van der Waals surface area contributed by atoms with Crippen molar-refractivity contribution >= 4 is 11.9 Å². The number of hydrogen-bond acceptors (Lipinski definition) is 10. The summed E-state index contributed by atoms with van der Waals surface area (Å²) in [5, 5.41) is 72.1. The number of hydrogen-bond donors (Lipinski definition) is 8. The number of carboxylic acids is 1. The Bertz CT molecular complexity index is 532. The third kappa shape index (κ3) is 8.04. The molecule has 12 nitrogen and oxygen atoms in total. The minimum absolute atomic E-state index is 0.489. The van der Waals surface area contributed by atoms with Crippen LogP contribution in [0.5, 0.6) is 0 Å². The summed E-state index contributed by atoms with van der Waals surface area (Å²) in [6, 6.07) is -1.25. The highest BCUT2D eigenvalue weighted by Gasteiger charge is 2.42. The predicted octanol–water partition coefficient (Wildman–Crippen LogP) is -2.98. The first-order valence-electron chi connectivity index (χ1n) is 9.49. The molecular formula is C18H35NO11. The van der Waals surface area contributed by atoms with Crippen LogP contribution in [-0.4, -0.2) is 110 Å². The summed E-state index contributed by atoms with van der Waals surface area (Å²) in [4.78, 5) is 22.6. The van der Waals surface area contributed by atoms with Crippen LogP contribution in [0.25, 0.3) is 0 Å². The van der Waals surface area contributed by atoms with Gasteiger partial charge in [-0.05, 0) is 13.8 Å². The Labute approximate surface area is 175 Å². The first-order chi connectivity index (χ1) is 13.8. The molecule has 0 saturated heterocycles. The van der Waals surface area contributed by atoms with Gasteiger partial charge in [-0.2, -0.15) is 0 Å². The SMILES string of the molecule is CO[C@H](C(C)C(=O)O)[C@H](O)C(O)[C@@H](O)O[C@H](C(NC(C)=O)C(C)O)[C@H](O)C(C)CO. The number of amides is 1. The zero-order valence-electron chi connectivity index (χ0n) is 17.7. The number of carbonyl (C=O) groups is 2. The Morgan fingerprint density at radius 3 is 1.83 bits per heavy atom. The maximum Gasteiger partial charge on any atom is 0.308 e. The van der Waals surface area contributed by atoms with Crippen molar-refractivity contribution < 1.29 is 54.8 Å². The molecule has 8 N–H and O–H groups in total. The summed E-state index contributed by atoms with van der Waals surface area (Å²) in [5.74, 6) is -3.94. The monoisotopic (exact) mass is 441 g/mol. The van der Waals surface area contributed by atoms with Crippen LogP contribution in [-0.2, 0) is 19.1 Å². The zero-order chi connectivity index (χ0) is 23.8. The molecule has 0 aliphatic rings. The van der Waals surface area contributed by atoms with Crippen molar-refractivity contribution in [1.29, 1.82) is 0 Å². The van der Waals surface area contributed by atoms with Crippen molar-refractivity contribution in [3.8, 4) is 0 Å². The number of methoxy groups -OCH3 is 1. The second-order valence-electron chi connectivity index (χ2n) is 7.42. The Morgan fingerprint density at radius 1 is 0.933 bits per heavy atom. The molecule has 0 heterocycles. The van der Waals surface area contributed by atoms with Gasteiger partial charge in [0.15, 0.2) is 6.29 Å². The predicted molar refractivity (Wildman–Crippen MR) is 102 cm³/mol. The topological polar surface area (TPSA) is 206 Å². The Morgan fingerprint density at radius 2 is 1.47 bits per heavy atom. The van der Waals surface area contributed by atoms with E-state index in [-0.39, 0.29) is 0 Å². The van der Waals surface area contributed by atoms with Gasteiger partial charge in [-0.15, -0.1) is 0 Å². The second kappa shape index (κ2) is 13.1. The van der Waals surface area contributed by atoms with Gasteiger partial charge in [-0.3, -0.25) is 9.59 Å². The second-order valence-corrected chi connectivity index (χ2v) is 7.42. The molecule has 0 fully saturated rings. The van der Waals surface area contributed by atoms with Gasteiger partial charge in [0, 0.05) is 26.6 Å². The number of aliphatic hydroxyl groups excluding tert-OH is 6. The van der Waals surface area contributed by atoms with Gasteiger partial charge in [-0.25, -0.2) is 0 Å². The number of aliphatic carboxylic acids is 1. The van der Waals surface area contributed by atoms with E-state index in [2.05, 4.69) is 5.32 Å². The van der Waals surface area contributed by atoms with Crippen LogP contribution in [0, 0.1) is 11.8 Å². The molecular weight excluding hydrogens is 406 g/mol. The summed E-state index contributed by atoms with van der Waals surface area (Å²) in [5.41, 5.74) is 0. The van der Waals surface area contributed by atoms with Gasteiger partial charge >= 0.3 is 5.97 Å². The molecule has 0 aliphatic heterocycles. The first-order valence-corrected chi connectivity index (χ1v) is 9.49. The molecule has 0 aromatic heterocycles. The Balaban J connectivity index is 5.68. The molecule has 1 amide bonds. The maximum atomic E-state index is 11.5. The van der Waals surface area contributed by atoms with Gasteiger partial charge in [0.2, 0.25) is 5.91 Å². The third-order valence-electron chi connectivity index (χ3n) is 4.88. The Kier molecular flexibility index (Phi) is 12.5. The van der Waals surface area contributed by atoms with Crippen molar-refractivity contribution in [2.75, 3.05) is 13.7 Å². The lowest BCUT2D eigenvalue weighted by molar-refractivity contribution is -0.249. The van der Waals surface area contributed by atoms with Gasteiger partial charge in [-0.1, -0.05) is 6.92 Å². The molecule has 0 bridgehead atoms. The van der Waals surface area contributed by atoms with Crippen molar-refractivity contribution in [3.63, 3.8) is 0 Å². The van der Waals surface area contributed by atoms with E-state index < -0.39 is 79.3 Å². The van der Waals surface area contributed by atoms with E-state index in [1.54, 1.807) is 0 Å². The van der Waals surface area contributed by atoms with Crippen LogP contribution in [0.15, 0.2) is 0 Å².